The summed E-state index contributed by atoms with van der Waals surface area (Å²) in [4.78, 5) is 12.4. The number of likely N-dealkylation sites (N-methyl/N-ethyl adjacent to an activating group) is 1. The van der Waals surface area contributed by atoms with E-state index >= 15 is 0 Å². The zero-order valence-electron chi connectivity index (χ0n) is 12.9. The van der Waals surface area contributed by atoms with Gasteiger partial charge in [-0.2, -0.15) is 5.26 Å². The Morgan fingerprint density at radius 1 is 1.57 bits per heavy atom. The molecule has 6 heteroatoms. The lowest BCUT2D eigenvalue weighted by Gasteiger charge is -2.20. The summed E-state index contributed by atoms with van der Waals surface area (Å²) in [7, 11) is 1.62. The van der Waals surface area contributed by atoms with Gasteiger partial charge >= 0.3 is 5.97 Å². The van der Waals surface area contributed by atoms with Gasteiger partial charge in [0.25, 0.3) is 0 Å². The largest absolute Gasteiger partial charge is 0.480 e. The third kappa shape index (κ3) is 6.29. The van der Waals surface area contributed by atoms with Gasteiger partial charge < -0.3 is 14.7 Å². The van der Waals surface area contributed by atoms with Crippen LogP contribution in [0.3, 0.4) is 0 Å². The van der Waals surface area contributed by atoms with Crippen molar-refractivity contribution in [3.63, 3.8) is 0 Å². The van der Waals surface area contributed by atoms with Crippen LogP contribution in [0, 0.1) is 11.3 Å². The summed E-state index contributed by atoms with van der Waals surface area (Å²) in [5.74, 6) is 0.0603. The van der Waals surface area contributed by atoms with E-state index in [2.05, 4.69) is 6.58 Å². The molecule has 0 aliphatic carbocycles. The summed E-state index contributed by atoms with van der Waals surface area (Å²) in [5.41, 5.74) is 0.939. The fourth-order valence-corrected chi connectivity index (χ4v) is 1.83. The molecule has 5 nitrogen and oxygen atoms in total. The SMILES string of the molecule is C=C(Cl)/C=C\C=C(/C)Oc1ccc(C#N)cc1N(C)CC(=O)O. The predicted octanol–water partition coefficient (Wildman–Crippen LogP) is 3.67. The van der Waals surface area contributed by atoms with Crippen molar-refractivity contribution in [2.75, 3.05) is 18.5 Å². The van der Waals surface area contributed by atoms with E-state index in [1.807, 2.05) is 6.07 Å². The number of nitriles is 1. The van der Waals surface area contributed by atoms with Gasteiger partial charge in [-0.15, -0.1) is 0 Å². The molecule has 0 fully saturated rings. The molecule has 0 radical (unpaired) electrons. The second kappa shape index (κ2) is 8.66. The third-order valence-corrected chi connectivity index (χ3v) is 2.88. The van der Waals surface area contributed by atoms with E-state index in [4.69, 9.17) is 26.7 Å². The fraction of sp³-hybridized carbons (Fsp3) is 0.176. The summed E-state index contributed by atoms with van der Waals surface area (Å²) in [6.07, 6.45) is 5.01. The van der Waals surface area contributed by atoms with Crippen molar-refractivity contribution in [1.29, 1.82) is 5.26 Å². The molecule has 120 valence electrons. The first-order valence-corrected chi connectivity index (χ1v) is 7.05. The van der Waals surface area contributed by atoms with Gasteiger partial charge in [-0.1, -0.05) is 24.3 Å². The van der Waals surface area contributed by atoms with Gasteiger partial charge in [0.05, 0.1) is 17.3 Å². The van der Waals surface area contributed by atoms with E-state index in [1.165, 1.54) is 4.90 Å². The van der Waals surface area contributed by atoms with Gasteiger partial charge in [0, 0.05) is 12.1 Å². The van der Waals surface area contributed by atoms with Crippen LogP contribution in [0.5, 0.6) is 5.75 Å². The lowest BCUT2D eigenvalue weighted by molar-refractivity contribution is -0.135. The predicted molar refractivity (Wildman–Crippen MR) is 90.6 cm³/mol. The molecular formula is C17H17ClN2O3. The molecule has 0 amide bonds. The number of aliphatic carboxylic acids is 1. The van der Waals surface area contributed by atoms with Crippen LogP contribution >= 0.6 is 11.6 Å². The summed E-state index contributed by atoms with van der Waals surface area (Å²) >= 11 is 5.63. The Bertz CT molecular complexity index is 702. The van der Waals surface area contributed by atoms with E-state index in [1.54, 1.807) is 50.4 Å². The third-order valence-electron chi connectivity index (χ3n) is 2.75. The first-order chi connectivity index (χ1) is 10.8. The molecular weight excluding hydrogens is 316 g/mol. The Hall–Kier alpha value is -2.71. The summed E-state index contributed by atoms with van der Waals surface area (Å²) in [6.45, 7) is 5.08. The monoisotopic (exact) mass is 332 g/mol. The van der Waals surface area contributed by atoms with Gasteiger partial charge in [-0.25, -0.2) is 0 Å². The lowest BCUT2D eigenvalue weighted by Crippen LogP contribution is -2.25. The standard InChI is InChI=1S/C17H17ClN2O3/c1-12(18)5-4-6-13(2)23-16-8-7-14(10-19)9-15(16)20(3)11-17(21)22/h4-9H,1,11H2,2-3H3,(H,21,22)/b5-4-,13-6+. The number of hydrogen-bond acceptors (Lipinski definition) is 4. The summed E-state index contributed by atoms with van der Waals surface area (Å²) < 4.78 is 5.72. The Balaban J connectivity index is 3.08. The lowest BCUT2D eigenvalue weighted by atomic mass is 10.2. The molecule has 0 saturated carbocycles. The maximum atomic E-state index is 10.9. The van der Waals surface area contributed by atoms with Crippen molar-refractivity contribution >= 4 is 23.3 Å². The number of nitrogens with zero attached hydrogens (tertiary/aromatic N) is 2. The number of carbonyl (C=O) groups is 1. The highest BCUT2D eigenvalue weighted by Gasteiger charge is 2.13. The molecule has 0 heterocycles. The van der Waals surface area contributed by atoms with Gasteiger partial charge in [0.2, 0.25) is 0 Å². The molecule has 0 aromatic heterocycles. The van der Waals surface area contributed by atoms with Crippen molar-refractivity contribution in [3.05, 3.63) is 59.4 Å². The molecule has 0 aliphatic rings. The van der Waals surface area contributed by atoms with Gasteiger partial charge in [-0.05, 0) is 37.3 Å². The topological polar surface area (TPSA) is 73.6 Å². The Kier molecular flexibility index (Phi) is 6.91. The van der Waals surface area contributed by atoms with Crippen LogP contribution in [0.2, 0.25) is 0 Å². The van der Waals surface area contributed by atoms with Crippen LogP contribution in [0.15, 0.2) is 53.8 Å². The van der Waals surface area contributed by atoms with Crippen molar-refractivity contribution in [3.8, 4) is 11.8 Å². The normalized spacial score (nSPS) is 11.1. The maximum absolute atomic E-state index is 10.9. The number of anilines is 1. The second-order valence-corrected chi connectivity index (χ2v) is 5.21. The molecule has 0 saturated heterocycles. The number of rotatable bonds is 7. The number of hydrogen-bond donors (Lipinski definition) is 1. The number of carboxylic acid groups (broad SMARTS) is 1. The molecule has 1 rings (SSSR count). The molecule has 1 aromatic rings. The van der Waals surface area contributed by atoms with Crippen LogP contribution in [-0.4, -0.2) is 24.7 Å². The summed E-state index contributed by atoms with van der Waals surface area (Å²) in [5, 5.41) is 18.3. The minimum Gasteiger partial charge on any atom is -0.480 e. The van der Waals surface area contributed by atoms with E-state index < -0.39 is 5.97 Å². The minimum absolute atomic E-state index is 0.208. The number of benzene rings is 1. The highest BCUT2D eigenvalue weighted by atomic mass is 35.5. The summed E-state index contributed by atoms with van der Waals surface area (Å²) in [6, 6.07) is 6.85. The van der Waals surface area contributed by atoms with Gasteiger partial charge in [0.15, 0.2) is 0 Å². The Labute approximate surface area is 140 Å². The Morgan fingerprint density at radius 2 is 2.26 bits per heavy atom. The highest BCUT2D eigenvalue weighted by Crippen LogP contribution is 2.30. The molecule has 0 bridgehead atoms. The first-order valence-electron chi connectivity index (χ1n) is 6.67. The number of allylic oxidation sites excluding steroid dienone is 5. The highest BCUT2D eigenvalue weighted by molar-refractivity contribution is 6.30. The number of halogens is 1. The fourth-order valence-electron chi connectivity index (χ4n) is 1.76. The van der Waals surface area contributed by atoms with Crippen molar-refractivity contribution in [2.45, 2.75) is 6.92 Å². The smallest absolute Gasteiger partial charge is 0.323 e. The molecule has 0 spiro atoms. The molecule has 23 heavy (non-hydrogen) atoms. The number of carboxylic acids is 1. The molecule has 1 aromatic carbocycles. The van der Waals surface area contributed by atoms with Crippen molar-refractivity contribution in [1.82, 2.24) is 0 Å². The van der Waals surface area contributed by atoms with Crippen LogP contribution < -0.4 is 9.64 Å². The molecule has 0 unspecified atom stereocenters. The Morgan fingerprint density at radius 3 is 2.83 bits per heavy atom. The van der Waals surface area contributed by atoms with E-state index in [0.29, 0.717) is 27.8 Å². The average molecular weight is 333 g/mol. The van der Waals surface area contributed by atoms with Gasteiger partial charge in [0.1, 0.15) is 18.1 Å². The average Bonchev–Trinajstić information content (AvgIpc) is 2.46. The van der Waals surface area contributed by atoms with Crippen LogP contribution in [0.4, 0.5) is 5.69 Å². The quantitative estimate of drug-likeness (QED) is 0.609. The van der Waals surface area contributed by atoms with Crippen LogP contribution in [0.1, 0.15) is 12.5 Å². The van der Waals surface area contributed by atoms with Crippen LogP contribution in [-0.2, 0) is 4.79 Å². The molecule has 1 N–H and O–H groups in total. The van der Waals surface area contributed by atoms with E-state index in [9.17, 15) is 4.79 Å². The molecule has 0 aliphatic heterocycles. The maximum Gasteiger partial charge on any atom is 0.323 e. The van der Waals surface area contributed by atoms with E-state index in [-0.39, 0.29) is 6.54 Å². The molecule has 0 atom stereocenters. The zero-order chi connectivity index (χ0) is 17.4. The van der Waals surface area contributed by atoms with Crippen molar-refractivity contribution in [2.24, 2.45) is 0 Å². The number of ether oxygens (including phenoxy) is 1. The van der Waals surface area contributed by atoms with E-state index in [0.717, 1.165) is 0 Å². The second-order valence-electron chi connectivity index (χ2n) is 4.73. The minimum atomic E-state index is -0.975. The van der Waals surface area contributed by atoms with Gasteiger partial charge in [-0.3, -0.25) is 4.79 Å². The van der Waals surface area contributed by atoms with Crippen LogP contribution in [0.25, 0.3) is 0 Å². The first kappa shape index (κ1) is 18.3. The zero-order valence-corrected chi connectivity index (χ0v) is 13.7. The van der Waals surface area contributed by atoms with Crippen molar-refractivity contribution < 1.29 is 14.6 Å².